The molecule has 34 heavy (non-hydrogen) atoms. The lowest BCUT2D eigenvalue weighted by Gasteiger charge is -2.09. The second kappa shape index (κ2) is 8.43. The Morgan fingerprint density at radius 2 is 1.76 bits per heavy atom. The van der Waals surface area contributed by atoms with Gasteiger partial charge in [-0.05, 0) is 36.4 Å². The van der Waals surface area contributed by atoms with E-state index in [1.54, 1.807) is 42.1 Å². The number of fused-ring (bicyclic) bond motifs is 3. The van der Waals surface area contributed by atoms with Crippen LogP contribution in [0.25, 0.3) is 44.3 Å². The summed E-state index contributed by atoms with van der Waals surface area (Å²) in [6.07, 6.45) is 1.62. The lowest BCUT2D eigenvalue weighted by atomic mass is 10.0. The summed E-state index contributed by atoms with van der Waals surface area (Å²) in [7, 11) is 5.15. The van der Waals surface area contributed by atoms with Crippen LogP contribution in [0.3, 0.4) is 0 Å². The van der Waals surface area contributed by atoms with E-state index in [-0.39, 0.29) is 18.1 Å². The molecule has 9 heteroatoms. The number of hydrogen-bond donors (Lipinski definition) is 0. The van der Waals surface area contributed by atoms with Crippen molar-refractivity contribution in [2.45, 2.75) is 0 Å². The molecule has 0 aliphatic carbocycles. The second-order valence-corrected chi connectivity index (χ2v) is 8.89. The third-order valence-corrected chi connectivity index (χ3v) is 6.53. The van der Waals surface area contributed by atoms with Crippen molar-refractivity contribution in [3.8, 4) is 22.4 Å². The van der Waals surface area contributed by atoms with Gasteiger partial charge in [-0.1, -0.05) is 35.3 Å². The zero-order valence-corrected chi connectivity index (χ0v) is 20.2. The molecule has 0 atom stereocenters. The molecular formula is C25H20Cl2N4O3. The van der Waals surface area contributed by atoms with E-state index < -0.39 is 0 Å². The lowest BCUT2D eigenvalue weighted by Crippen LogP contribution is -2.20. The van der Waals surface area contributed by atoms with Crippen molar-refractivity contribution in [1.29, 1.82) is 0 Å². The molecule has 0 aliphatic heterocycles. The number of benzene rings is 2. The van der Waals surface area contributed by atoms with Crippen molar-refractivity contribution in [2.24, 2.45) is 14.1 Å². The maximum Gasteiger partial charge on any atom is 0.272 e. The number of nitrogens with zero attached hydrogens (tertiary/aromatic N) is 4. The first kappa shape index (κ1) is 22.4. The van der Waals surface area contributed by atoms with Crippen molar-refractivity contribution in [3.05, 3.63) is 75.1 Å². The topological polar surface area (TPSA) is 71.0 Å². The Hall–Kier alpha value is -3.39. The first-order valence-electron chi connectivity index (χ1n) is 10.5. The lowest BCUT2D eigenvalue weighted by molar-refractivity contribution is 0.0745. The minimum atomic E-state index is -0.250. The van der Waals surface area contributed by atoms with Gasteiger partial charge >= 0.3 is 0 Å². The number of carbonyl (C=O) groups is 1. The van der Waals surface area contributed by atoms with Crippen molar-refractivity contribution >= 4 is 51.0 Å². The van der Waals surface area contributed by atoms with Crippen molar-refractivity contribution in [1.82, 2.24) is 18.9 Å². The van der Waals surface area contributed by atoms with Gasteiger partial charge in [-0.15, -0.1) is 0 Å². The van der Waals surface area contributed by atoms with Crippen LogP contribution in [0.1, 0.15) is 4.79 Å². The van der Waals surface area contributed by atoms with Crippen LogP contribution in [0.4, 0.5) is 0 Å². The Morgan fingerprint density at radius 3 is 2.50 bits per heavy atom. The average Bonchev–Trinajstić information content (AvgIpc) is 3.40. The summed E-state index contributed by atoms with van der Waals surface area (Å²) >= 11 is 12.5. The predicted octanol–water partition coefficient (Wildman–Crippen LogP) is 5.15. The monoisotopic (exact) mass is 494 g/mol. The van der Waals surface area contributed by atoms with E-state index >= 15 is 0 Å². The standard InChI is InChI=1S/C25H20Cl2N4O3/c1-29-22-7-4-14(21-8-9-31(28-21)23(32)13-34-3)10-17(22)18-12-19(25(33)30(2)24(18)29)16-6-5-15(26)11-20(16)27/h4-12H,13H2,1-3H3. The summed E-state index contributed by atoms with van der Waals surface area (Å²) in [5.74, 6) is -0.250. The first-order valence-corrected chi connectivity index (χ1v) is 11.2. The van der Waals surface area contributed by atoms with Crippen LogP contribution >= 0.6 is 23.2 Å². The molecule has 0 unspecified atom stereocenters. The second-order valence-electron chi connectivity index (χ2n) is 8.05. The highest BCUT2D eigenvalue weighted by Gasteiger charge is 2.18. The fraction of sp³-hybridized carbons (Fsp3) is 0.160. The van der Waals surface area contributed by atoms with Gasteiger partial charge in [0.1, 0.15) is 12.3 Å². The van der Waals surface area contributed by atoms with Crippen LogP contribution < -0.4 is 5.56 Å². The highest BCUT2D eigenvalue weighted by atomic mass is 35.5. The summed E-state index contributed by atoms with van der Waals surface area (Å²) in [6, 6.07) is 14.7. The van der Waals surface area contributed by atoms with Gasteiger partial charge in [-0.2, -0.15) is 5.10 Å². The zero-order chi connectivity index (χ0) is 24.1. The highest BCUT2D eigenvalue weighted by molar-refractivity contribution is 6.36. The Bertz CT molecular complexity index is 1660. The Balaban J connectivity index is 1.73. The molecule has 172 valence electrons. The minimum absolute atomic E-state index is 0.0481. The van der Waals surface area contributed by atoms with Crippen molar-refractivity contribution in [3.63, 3.8) is 0 Å². The van der Waals surface area contributed by atoms with Crippen LogP contribution in [-0.2, 0) is 18.8 Å². The molecule has 0 N–H and O–H groups in total. The van der Waals surface area contributed by atoms with E-state index in [1.165, 1.54) is 11.8 Å². The third-order valence-electron chi connectivity index (χ3n) is 5.98. The number of rotatable bonds is 4. The third kappa shape index (κ3) is 3.53. The molecule has 5 aromatic rings. The number of ether oxygens (including phenoxy) is 1. The normalized spacial score (nSPS) is 11.6. The molecule has 7 nitrogen and oxygen atoms in total. The van der Waals surface area contributed by atoms with Crippen LogP contribution in [0, 0.1) is 0 Å². The maximum absolute atomic E-state index is 13.3. The summed E-state index contributed by atoms with van der Waals surface area (Å²) in [4.78, 5) is 25.4. The van der Waals surface area contributed by atoms with Gasteiger partial charge < -0.3 is 9.30 Å². The fourth-order valence-corrected chi connectivity index (χ4v) is 4.87. The molecular weight excluding hydrogens is 475 g/mol. The maximum atomic E-state index is 13.3. The number of aromatic nitrogens is 4. The molecule has 0 amide bonds. The molecule has 0 aliphatic rings. The summed E-state index contributed by atoms with van der Waals surface area (Å²) in [6.45, 7) is -0.0481. The zero-order valence-electron chi connectivity index (χ0n) is 18.7. The minimum Gasteiger partial charge on any atom is -0.375 e. The fourth-order valence-electron chi connectivity index (χ4n) is 4.36. The molecule has 0 radical (unpaired) electrons. The van der Waals surface area contributed by atoms with Crippen molar-refractivity contribution < 1.29 is 9.53 Å². The van der Waals surface area contributed by atoms with Gasteiger partial charge in [0.2, 0.25) is 0 Å². The number of hydrogen-bond acceptors (Lipinski definition) is 4. The number of pyridine rings is 1. The van der Waals surface area contributed by atoms with Gasteiger partial charge in [0.25, 0.3) is 11.5 Å². The number of carbonyl (C=O) groups excluding carboxylic acids is 1. The van der Waals surface area contributed by atoms with Gasteiger partial charge in [0.05, 0.1) is 16.2 Å². The summed E-state index contributed by atoms with van der Waals surface area (Å²) in [5, 5.41) is 7.18. The Labute approximate surface area is 204 Å². The SMILES string of the molecule is COCC(=O)n1ccc(-c2ccc3c(c2)c2cc(-c4ccc(Cl)cc4Cl)c(=O)n(C)c2n3C)n1. The molecule has 0 bridgehead atoms. The molecule has 0 spiro atoms. The summed E-state index contributed by atoms with van der Waals surface area (Å²) in [5.41, 5.74) is 4.22. The van der Waals surface area contributed by atoms with Gasteiger partial charge in [0.15, 0.2) is 0 Å². The van der Waals surface area contributed by atoms with E-state index in [2.05, 4.69) is 5.10 Å². The highest BCUT2D eigenvalue weighted by Crippen LogP contribution is 2.35. The Kier molecular flexibility index (Phi) is 5.56. The molecule has 5 rings (SSSR count). The predicted molar refractivity (Wildman–Crippen MR) is 135 cm³/mol. The van der Waals surface area contributed by atoms with Crippen LogP contribution in [0.5, 0.6) is 0 Å². The van der Waals surface area contributed by atoms with Gasteiger partial charge in [-0.3, -0.25) is 14.2 Å². The largest absolute Gasteiger partial charge is 0.375 e. The quantitative estimate of drug-likeness (QED) is 0.346. The molecule has 0 saturated carbocycles. The van der Waals surface area contributed by atoms with Crippen LogP contribution in [-0.4, -0.2) is 38.5 Å². The van der Waals surface area contributed by atoms with E-state index in [4.69, 9.17) is 27.9 Å². The first-order chi connectivity index (χ1) is 16.3. The number of aryl methyl sites for hydroxylation is 2. The molecule has 0 fully saturated rings. The van der Waals surface area contributed by atoms with Gasteiger partial charge in [0, 0.05) is 59.9 Å². The van der Waals surface area contributed by atoms with Crippen LogP contribution in [0.2, 0.25) is 10.0 Å². The van der Waals surface area contributed by atoms with E-state index in [0.29, 0.717) is 26.9 Å². The average molecular weight is 495 g/mol. The molecule has 2 aromatic carbocycles. The van der Waals surface area contributed by atoms with E-state index in [9.17, 15) is 9.59 Å². The van der Waals surface area contributed by atoms with E-state index in [1.807, 2.05) is 35.9 Å². The van der Waals surface area contributed by atoms with Crippen LogP contribution in [0.15, 0.2) is 59.5 Å². The van der Waals surface area contributed by atoms with Crippen molar-refractivity contribution in [2.75, 3.05) is 13.7 Å². The summed E-state index contributed by atoms with van der Waals surface area (Å²) < 4.78 is 9.80. The molecule has 0 saturated heterocycles. The molecule has 3 aromatic heterocycles. The Morgan fingerprint density at radius 1 is 0.971 bits per heavy atom. The number of halogens is 2. The smallest absolute Gasteiger partial charge is 0.272 e. The van der Waals surface area contributed by atoms with E-state index in [0.717, 1.165) is 27.5 Å². The van der Waals surface area contributed by atoms with Gasteiger partial charge in [-0.25, -0.2) is 4.68 Å². The molecule has 3 heterocycles. The number of methoxy groups -OCH3 is 1.